The Morgan fingerprint density at radius 1 is 1.61 bits per heavy atom. The van der Waals surface area contributed by atoms with Gasteiger partial charge in [-0.15, -0.1) is 6.58 Å². The van der Waals surface area contributed by atoms with Crippen molar-refractivity contribution in [2.24, 2.45) is 5.16 Å². The Morgan fingerprint density at radius 3 is 3.11 bits per heavy atom. The molecule has 0 saturated carbocycles. The molecule has 1 aliphatic rings. The van der Waals surface area contributed by atoms with E-state index in [1.807, 2.05) is 0 Å². The Kier molecular flexibility index (Phi) is 3.62. The minimum absolute atomic E-state index is 0.131. The third kappa shape index (κ3) is 2.51. The van der Waals surface area contributed by atoms with E-state index in [0.717, 1.165) is 0 Å². The van der Waals surface area contributed by atoms with Crippen LogP contribution in [0.25, 0.3) is 0 Å². The first kappa shape index (κ1) is 12.2. The Morgan fingerprint density at radius 2 is 2.39 bits per heavy atom. The number of phenolic OH excluding ortho intramolecular Hbond substituents is 1. The van der Waals surface area contributed by atoms with Crippen molar-refractivity contribution in [2.75, 3.05) is 6.54 Å². The molecule has 94 valence electrons. The monoisotopic (exact) mass is 246 g/mol. The van der Waals surface area contributed by atoms with Gasteiger partial charge in [-0.2, -0.15) is 0 Å². The van der Waals surface area contributed by atoms with Gasteiger partial charge in [0, 0.05) is 18.5 Å². The predicted molar refractivity (Wildman–Crippen MR) is 67.3 cm³/mol. The highest BCUT2D eigenvalue weighted by Gasteiger charge is 2.29. The van der Waals surface area contributed by atoms with Crippen molar-refractivity contribution in [1.29, 1.82) is 0 Å². The van der Waals surface area contributed by atoms with Crippen molar-refractivity contribution >= 4 is 11.6 Å². The maximum atomic E-state index is 11.6. The van der Waals surface area contributed by atoms with Gasteiger partial charge in [0.25, 0.3) is 5.91 Å². The topological polar surface area (TPSA) is 70.9 Å². The van der Waals surface area contributed by atoms with E-state index in [1.54, 1.807) is 30.3 Å². The van der Waals surface area contributed by atoms with Gasteiger partial charge in [-0.3, -0.25) is 4.79 Å². The van der Waals surface area contributed by atoms with Gasteiger partial charge in [-0.25, -0.2) is 0 Å². The minimum Gasteiger partial charge on any atom is -0.507 e. The highest BCUT2D eigenvalue weighted by molar-refractivity contribution is 6.05. The normalized spacial score (nSPS) is 17.8. The van der Waals surface area contributed by atoms with Gasteiger partial charge in [-0.1, -0.05) is 23.4 Å². The second-order valence-corrected chi connectivity index (χ2v) is 3.89. The summed E-state index contributed by atoms with van der Waals surface area (Å²) in [5, 5.41) is 16.2. The van der Waals surface area contributed by atoms with Crippen LogP contribution in [-0.4, -0.2) is 29.4 Å². The molecule has 1 amide bonds. The van der Waals surface area contributed by atoms with Crippen LogP contribution in [-0.2, 0) is 9.63 Å². The maximum Gasteiger partial charge on any atom is 0.264 e. The summed E-state index contributed by atoms with van der Waals surface area (Å²) in [6, 6.07) is 6.83. The SMILES string of the molecule is C=CCNC(=O)C1CC(c2ccccc2O)=NO1. The molecular formula is C13H14N2O3. The molecule has 2 rings (SSSR count). The summed E-state index contributed by atoms with van der Waals surface area (Å²) in [7, 11) is 0. The summed E-state index contributed by atoms with van der Waals surface area (Å²) in [5.74, 6) is -0.101. The Balaban J connectivity index is 2.02. The van der Waals surface area contributed by atoms with Crippen LogP contribution < -0.4 is 5.32 Å². The molecule has 0 aromatic heterocycles. The zero-order chi connectivity index (χ0) is 13.0. The van der Waals surface area contributed by atoms with Crippen molar-refractivity contribution in [3.63, 3.8) is 0 Å². The van der Waals surface area contributed by atoms with Crippen LogP contribution >= 0.6 is 0 Å². The second-order valence-electron chi connectivity index (χ2n) is 3.89. The summed E-state index contributed by atoms with van der Waals surface area (Å²) in [6.07, 6.45) is 1.30. The second kappa shape index (κ2) is 5.35. The molecule has 1 aromatic carbocycles. The molecule has 1 aromatic rings. The van der Waals surface area contributed by atoms with Crippen LogP contribution in [0.1, 0.15) is 12.0 Å². The van der Waals surface area contributed by atoms with Crippen LogP contribution in [0.5, 0.6) is 5.75 Å². The van der Waals surface area contributed by atoms with Crippen molar-refractivity contribution in [2.45, 2.75) is 12.5 Å². The van der Waals surface area contributed by atoms with Crippen molar-refractivity contribution in [1.82, 2.24) is 5.32 Å². The summed E-state index contributed by atoms with van der Waals surface area (Å²) in [4.78, 5) is 16.7. The minimum atomic E-state index is -0.639. The van der Waals surface area contributed by atoms with Gasteiger partial charge >= 0.3 is 0 Å². The highest BCUT2D eigenvalue weighted by Crippen LogP contribution is 2.23. The molecule has 0 saturated heterocycles. The number of phenols is 1. The first-order chi connectivity index (χ1) is 8.72. The molecule has 0 fully saturated rings. The molecule has 18 heavy (non-hydrogen) atoms. The summed E-state index contributed by atoms with van der Waals surface area (Å²) >= 11 is 0. The van der Waals surface area contributed by atoms with E-state index >= 15 is 0 Å². The molecule has 0 bridgehead atoms. The quantitative estimate of drug-likeness (QED) is 0.784. The lowest BCUT2D eigenvalue weighted by Gasteiger charge is -2.07. The molecule has 1 unspecified atom stereocenters. The molecule has 5 nitrogen and oxygen atoms in total. The van der Waals surface area contributed by atoms with E-state index in [0.29, 0.717) is 24.2 Å². The van der Waals surface area contributed by atoms with Crippen LogP contribution in [0.3, 0.4) is 0 Å². The number of carbonyl (C=O) groups excluding carboxylic acids is 1. The van der Waals surface area contributed by atoms with E-state index in [-0.39, 0.29) is 11.7 Å². The van der Waals surface area contributed by atoms with Crippen molar-refractivity contribution < 1.29 is 14.7 Å². The van der Waals surface area contributed by atoms with Crippen LogP contribution in [0.4, 0.5) is 0 Å². The number of carbonyl (C=O) groups is 1. The number of para-hydroxylation sites is 1. The number of aromatic hydroxyl groups is 1. The summed E-state index contributed by atoms with van der Waals surface area (Å²) < 4.78 is 0. The van der Waals surface area contributed by atoms with E-state index in [4.69, 9.17) is 4.84 Å². The molecule has 0 aliphatic carbocycles. The third-order valence-electron chi connectivity index (χ3n) is 2.60. The lowest BCUT2D eigenvalue weighted by molar-refractivity contribution is -0.130. The lowest BCUT2D eigenvalue weighted by atomic mass is 10.0. The zero-order valence-electron chi connectivity index (χ0n) is 9.80. The Hall–Kier alpha value is -2.30. The van der Waals surface area contributed by atoms with Gasteiger partial charge < -0.3 is 15.3 Å². The van der Waals surface area contributed by atoms with Crippen molar-refractivity contribution in [3.05, 3.63) is 42.5 Å². The third-order valence-corrected chi connectivity index (χ3v) is 2.60. The number of rotatable bonds is 4. The number of amides is 1. The van der Waals surface area contributed by atoms with E-state index < -0.39 is 6.10 Å². The Bertz CT molecular complexity index is 497. The smallest absolute Gasteiger partial charge is 0.264 e. The van der Waals surface area contributed by atoms with Crippen LogP contribution in [0.2, 0.25) is 0 Å². The summed E-state index contributed by atoms with van der Waals surface area (Å²) in [5.41, 5.74) is 1.17. The molecule has 5 heteroatoms. The molecule has 1 aliphatic heterocycles. The highest BCUT2D eigenvalue weighted by atomic mass is 16.6. The number of nitrogens with zero attached hydrogens (tertiary/aromatic N) is 1. The lowest BCUT2D eigenvalue weighted by Crippen LogP contribution is -2.34. The fourth-order valence-corrected chi connectivity index (χ4v) is 1.68. The van der Waals surface area contributed by atoms with E-state index in [1.165, 1.54) is 0 Å². The standard InChI is InChI=1S/C13H14N2O3/c1-2-7-14-13(17)12-8-10(15-18-12)9-5-3-4-6-11(9)16/h2-6,12,16H,1,7-8H2,(H,14,17). The van der Waals surface area contributed by atoms with E-state index in [9.17, 15) is 9.90 Å². The Labute approximate surface area is 105 Å². The van der Waals surface area contributed by atoms with Gasteiger partial charge in [0.1, 0.15) is 5.75 Å². The molecule has 1 heterocycles. The zero-order valence-corrected chi connectivity index (χ0v) is 9.80. The molecule has 2 N–H and O–H groups in total. The maximum absolute atomic E-state index is 11.6. The first-order valence-electron chi connectivity index (χ1n) is 5.62. The fraction of sp³-hybridized carbons (Fsp3) is 0.231. The van der Waals surface area contributed by atoms with Crippen LogP contribution in [0.15, 0.2) is 42.1 Å². The largest absolute Gasteiger partial charge is 0.507 e. The van der Waals surface area contributed by atoms with Gasteiger partial charge in [0.05, 0.1) is 5.71 Å². The number of oxime groups is 1. The average Bonchev–Trinajstić information content (AvgIpc) is 2.86. The van der Waals surface area contributed by atoms with Crippen LogP contribution in [0, 0.1) is 0 Å². The summed E-state index contributed by atoms with van der Waals surface area (Å²) in [6.45, 7) is 3.91. The molecule has 0 radical (unpaired) electrons. The number of hydrogen-bond donors (Lipinski definition) is 2. The van der Waals surface area contributed by atoms with Gasteiger partial charge in [-0.05, 0) is 12.1 Å². The van der Waals surface area contributed by atoms with Gasteiger partial charge in [0.15, 0.2) is 0 Å². The fourth-order valence-electron chi connectivity index (χ4n) is 1.68. The van der Waals surface area contributed by atoms with E-state index in [2.05, 4.69) is 17.1 Å². The number of nitrogens with one attached hydrogen (secondary N) is 1. The number of hydrogen-bond acceptors (Lipinski definition) is 4. The molecule has 0 spiro atoms. The van der Waals surface area contributed by atoms with Gasteiger partial charge in [0.2, 0.25) is 6.10 Å². The molecule has 1 atom stereocenters. The van der Waals surface area contributed by atoms with Crippen molar-refractivity contribution in [3.8, 4) is 5.75 Å². The predicted octanol–water partition coefficient (Wildman–Crippen LogP) is 1.19. The molecular weight excluding hydrogens is 232 g/mol. The first-order valence-corrected chi connectivity index (χ1v) is 5.62. The average molecular weight is 246 g/mol. The number of benzene rings is 1.